The molecule has 1 atom stereocenters. The Morgan fingerprint density at radius 1 is 1.35 bits per heavy atom. The summed E-state index contributed by atoms with van der Waals surface area (Å²) < 4.78 is 31.2. The fraction of sp³-hybridized carbons (Fsp3) is 0.667. The van der Waals surface area contributed by atoms with Crippen LogP contribution < -0.4 is 0 Å². The first-order valence-electron chi connectivity index (χ1n) is 9.21. The molecule has 0 amide bonds. The fourth-order valence-electron chi connectivity index (χ4n) is 3.69. The van der Waals surface area contributed by atoms with Crippen LogP contribution in [0.4, 0.5) is 0 Å². The van der Waals surface area contributed by atoms with Crippen LogP contribution in [0.25, 0.3) is 0 Å². The Hall–Kier alpha value is -1.67. The van der Waals surface area contributed by atoms with Crippen LogP contribution in [0.2, 0.25) is 0 Å². The molecule has 1 aliphatic rings. The molecule has 0 aromatic carbocycles. The van der Waals surface area contributed by atoms with E-state index < -0.39 is 9.84 Å². The van der Waals surface area contributed by atoms with E-state index in [0.29, 0.717) is 12.5 Å². The van der Waals surface area contributed by atoms with Gasteiger partial charge in [0, 0.05) is 25.4 Å². The Morgan fingerprint density at radius 3 is 2.69 bits per heavy atom. The maximum absolute atomic E-state index is 12.2. The SMILES string of the molecule is C[C@@H](c1ccon1)N(C)Cc1cnc(S(C)(=O)=O)n1CC1CCCCC1. The number of hydrogen-bond donors (Lipinski definition) is 0. The molecule has 144 valence electrons. The van der Waals surface area contributed by atoms with Gasteiger partial charge >= 0.3 is 0 Å². The third-order valence-corrected chi connectivity index (χ3v) is 6.35. The highest BCUT2D eigenvalue weighted by molar-refractivity contribution is 7.90. The monoisotopic (exact) mass is 380 g/mol. The lowest BCUT2D eigenvalue weighted by atomic mass is 9.89. The van der Waals surface area contributed by atoms with E-state index in [1.807, 2.05) is 17.7 Å². The van der Waals surface area contributed by atoms with Gasteiger partial charge in [-0.2, -0.15) is 0 Å². The summed E-state index contributed by atoms with van der Waals surface area (Å²) in [5, 5.41) is 4.19. The molecule has 0 unspecified atom stereocenters. The van der Waals surface area contributed by atoms with E-state index in [4.69, 9.17) is 4.52 Å². The second-order valence-corrected chi connectivity index (χ2v) is 9.34. The highest BCUT2D eigenvalue weighted by Gasteiger charge is 2.24. The topological polar surface area (TPSA) is 81.2 Å². The summed E-state index contributed by atoms with van der Waals surface area (Å²) in [6.45, 7) is 3.38. The highest BCUT2D eigenvalue weighted by atomic mass is 32.2. The van der Waals surface area contributed by atoms with Gasteiger partial charge < -0.3 is 9.09 Å². The number of nitrogens with zero attached hydrogens (tertiary/aromatic N) is 4. The quantitative estimate of drug-likeness (QED) is 0.734. The average molecular weight is 381 g/mol. The van der Waals surface area contributed by atoms with Crippen LogP contribution in [-0.4, -0.2) is 41.3 Å². The zero-order chi connectivity index (χ0) is 18.7. The van der Waals surface area contributed by atoms with Crippen molar-refractivity contribution in [2.75, 3.05) is 13.3 Å². The number of rotatable bonds is 7. The van der Waals surface area contributed by atoms with E-state index in [1.165, 1.54) is 25.5 Å². The first-order valence-corrected chi connectivity index (χ1v) is 11.1. The first-order chi connectivity index (χ1) is 12.4. The van der Waals surface area contributed by atoms with Crippen molar-refractivity contribution in [3.63, 3.8) is 0 Å². The van der Waals surface area contributed by atoms with Gasteiger partial charge in [-0.05, 0) is 32.7 Å². The molecule has 2 heterocycles. The smallest absolute Gasteiger partial charge is 0.227 e. The Labute approximate surface area is 155 Å². The second kappa shape index (κ2) is 7.92. The molecular formula is C18H28N4O3S. The van der Waals surface area contributed by atoms with E-state index in [-0.39, 0.29) is 11.2 Å². The van der Waals surface area contributed by atoms with Crippen molar-refractivity contribution in [2.45, 2.75) is 63.3 Å². The largest absolute Gasteiger partial charge is 0.364 e. The summed E-state index contributed by atoms with van der Waals surface area (Å²) in [5.41, 5.74) is 1.78. The summed E-state index contributed by atoms with van der Waals surface area (Å²) >= 11 is 0. The van der Waals surface area contributed by atoms with Crippen LogP contribution in [0, 0.1) is 5.92 Å². The van der Waals surface area contributed by atoms with Gasteiger partial charge in [0.25, 0.3) is 0 Å². The molecular weight excluding hydrogens is 352 g/mol. The number of hydrogen-bond acceptors (Lipinski definition) is 6. The van der Waals surface area contributed by atoms with Crippen molar-refractivity contribution >= 4 is 9.84 Å². The van der Waals surface area contributed by atoms with E-state index in [9.17, 15) is 8.42 Å². The molecule has 0 aliphatic heterocycles. The Morgan fingerprint density at radius 2 is 2.08 bits per heavy atom. The van der Waals surface area contributed by atoms with Crippen LogP contribution in [0.15, 0.2) is 28.2 Å². The van der Waals surface area contributed by atoms with Gasteiger partial charge in [0.15, 0.2) is 0 Å². The van der Waals surface area contributed by atoms with Crippen molar-refractivity contribution in [1.82, 2.24) is 19.6 Å². The Bertz CT molecular complexity index is 808. The average Bonchev–Trinajstić information content (AvgIpc) is 3.25. The fourth-order valence-corrected chi connectivity index (χ4v) is 4.53. The molecule has 1 fully saturated rings. The van der Waals surface area contributed by atoms with E-state index >= 15 is 0 Å². The third-order valence-electron chi connectivity index (χ3n) is 5.36. The number of sulfone groups is 1. The number of imidazole rings is 1. The first kappa shape index (κ1) is 19.1. The second-order valence-electron chi connectivity index (χ2n) is 7.43. The van der Waals surface area contributed by atoms with Gasteiger partial charge in [0.05, 0.1) is 17.9 Å². The molecule has 0 saturated heterocycles. The van der Waals surface area contributed by atoms with Gasteiger partial charge in [-0.3, -0.25) is 4.90 Å². The van der Waals surface area contributed by atoms with Crippen molar-refractivity contribution < 1.29 is 12.9 Å². The van der Waals surface area contributed by atoms with Crippen LogP contribution >= 0.6 is 0 Å². The van der Waals surface area contributed by atoms with Gasteiger partial charge in [-0.25, -0.2) is 13.4 Å². The molecule has 0 bridgehead atoms. The molecule has 26 heavy (non-hydrogen) atoms. The maximum atomic E-state index is 12.2. The maximum Gasteiger partial charge on any atom is 0.227 e. The normalized spacial score (nSPS) is 17.7. The molecule has 2 aromatic rings. The van der Waals surface area contributed by atoms with E-state index in [1.54, 1.807) is 12.5 Å². The van der Waals surface area contributed by atoms with E-state index in [2.05, 4.69) is 22.0 Å². The summed E-state index contributed by atoms with van der Waals surface area (Å²) in [6, 6.07) is 1.91. The van der Waals surface area contributed by atoms with Crippen LogP contribution in [0.3, 0.4) is 0 Å². The molecule has 1 saturated carbocycles. The predicted molar refractivity (Wildman–Crippen MR) is 98.3 cm³/mol. The zero-order valence-corrected chi connectivity index (χ0v) is 16.6. The summed E-state index contributed by atoms with van der Waals surface area (Å²) in [5.74, 6) is 0.524. The van der Waals surface area contributed by atoms with Crippen molar-refractivity contribution in [1.29, 1.82) is 0 Å². The van der Waals surface area contributed by atoms with Gasteiger partial charge in [0.1, 0.15) is 12.0 Å². The summed E-state index contributed by atoms with van der Waals surface area (Å²) in [7, 11) is -1.36. The van der Waals surface area contributed by atoms with Crippen molar-refractivity contribution in [3.8, 4) is 0 Å². The molecule has 8 heteroatoms. The van der Waals surface area contributed by atoms with Crippen molar-refractivity contribution in [3.05, 3.63) is 29.9 Å². The number of aromatic nitrogens is 3. The Kier molecular flexibility index (Phi) is 5.82. The lowest BCUT2D eigenvalue weighted by Crippen LogP contribution is -2.26. The van der Waals surface area contributed by atoms with Gasteiger partial charge in [-0.15, -0.1) is 0 Å². The summed E-state index contributed by atoms with van der Waals surface area (Å²) in [4.78, 5) is 6.37. The molecule has 0 N–H and O–H groups in total. The molecule has 0 radical (unpaired) electrons. The highest BCUT2D eigenvalue weighted by Crippen LogP contribution is 2.28. The van der Waals surface area contributed by atoms with E-state index in [0.717, 1.165) is 30.8 Å². The lowest BCUT2D eigenvalue weighted by Gasteiger charge is -2.26. The minimum Gasteiger partial charge on any atom is -0.364 e. The minimum atomic E-state index is -3.36. The predicted octanol–water partition coefficient (Wildman–Crippen LogP) is 3.05. The van der Waals surface area contributed by atoms with Crippen LogP contribution in [0.1, 0.15) is 56.5 Å². The molecule has 7 nitrogen and oxygen atoms in total. The van der Waals surface area contributed by atoms with Gasteiger partial charge in [0.2, 0.25) is 15.0 Å². The molecule has 1 aliphatic carbocycles. The summed E-state index contributed by atoms with van der Waals surface area (Å²) in [6.07, 6.45) is 10.6. The standard InChI is InChI=1S/C18H28N4O3S/c1-14(17-9-10-25-20-17)21(2)13-16-11-19-18(26(3,23)24)22(16)12-15-7-5-4-6-8-15/h9-11,14-15H,4-8,12-13H2,1-3H3/t14-/m0/s1. The minimum absolute atomic E-state index is 0.0634. The molecule has 3 rings (SSSR count). The Balaban J connectivity index is 1.82. The molecule has 2 aromatic heterocycles. The van der Waals surface area contributed by atoms with Crippen molar-refractivity contribution in [2.24, 2.45) is 5.92 Å². The third kappa shape index (κ3) is 4.35. The van der Waals surface area contributed by atoms with Gasteiger partial charge in [-0.1, -0.05) is 24.4 Å². The zero-order valence-electron chi connectivity index (χ0n) is 15.8. The lowest BCUT2D eigenvalue weighted by molar-refractivity contribution is 0.229. The molecule has 0 spiro atoms. The van der Waals surface area contributed by atoms with Crippen LogP contribution in [-0.2, 0) is 22.9 Å². The van der Waals surface area contributed by atoms with Crippen LogP contribution in [0.5, 0.6) is 0 Å².